The van der Waals surface area contributed by atoms with Crippen LogP contribution in [0.15, 0.2) is 47.3 Å². The van der Waals surface area contributed by atoms with Crippen LogP contribution in [0.2, 0.25) is 0 Å². The highest BCUT2D eigenvalue weighted by molar-refractivity contribution is 5.97. The minimum Gasteiger partial charge on any atom is -0.493 e. The zero-order chi connectivity index (χ0) is 32.6. The lowest BCUT2D eigenvalue weighted by atomic mass is 9.89. The van der Waals surface area contributed by atoms with Crippen molar-refractivity contribution >= 4 is 28.5 Å². The van der Waals surface area contributed by atoms with E-state index in [0.717, 1.165) is 12.1 Å². The maximum absolute atomic E-state index is 14.9. The van der Waals surface area contributed by atoms with Gasteiger partial charge in [-0.2, -0.15) is 0 Å². The molecule has 0 spiro atoms. The normalized spacial score (nSPS) is 13.9. The number of pyridine rings is 1. The van der Waals surface area contributed by atoms with Crippen LogP contribution in [0.25, 0.3) is 22.0 Å². The van der Waals surface area contributed by atoms with Crippen LogP contribution in [-0.4, -0.2) is 40.2 Å². The Morgan fingerprint density at radius 3 is 2.47 bits per heavy atom. The molecule has 8 nitrogen and oxygen atoms in total. The molecule has 0 bridgehead atoms. The fourth-order valence-corrected chi connectivity index (χ4v) is 5.82. The zero-order valence-electron chi connectivity index (χ0n) is 25.4. The van der Waals surface area contributed by atoms with E-state index in [1.165, 1.54) is 16.7 Å². The number of carboxylic acid groups (broad SMARTS) is 1. The molecule has 1 aliphatic rings. The molecule has 3 aromatic carbocycles. The monoisotopic (exact) mass is 621 g/mol. The first-order valence-corrected chi connectivity index (χ1v) is 14.8. The van der Waals surface area contributed by atoms with Crippen molar-refractivity contribution in [2.75, 3.05) is 11.9 Å². The van der Waals surface area contributed by atoms with Crippen LogP contribution in [0.1, 0.15) is 53.7 Å². The highest BCUT2D eigenvalue weighted by atomic mass is 19.1. The second-order valence-corrected chi connectivity index (χ2v) is 11.4. The standard InChI is InChI=1S/C34H34F3N3O5/c1-5-17(2)38-21-15-25(36)30(26(37)16-21)32(41)39-27(34(43)44)13-19-8-10-23(31-22(19)7-6-12-45-31)29-18(3)24-14-20(35)9-11-28(24)40(4)33(29)42/h8-11,14-17,27,38H,5-7,12-13H2,1-4H3,(H,39,41)(H,43,44)/t17-,27-/m0/s1. The number of carbonyl (C=O) groups excluding carboxylic acids is 1. The summed E-state index contributed by atoms with van der Waals surface area (Å²) in [4.78, 5) is 38.8. The van der Waals surface area contributed by atoms with Crippen LogP contribution in [-0.2, 0) is 24.7 Å². The summed E-state index contributed by atoms with van der Waals surface area (Å²) >= 11 is 0. The Kier molecular flexibility index (Phi) is 8.90. The maximum Gasteiger partial charge on any atom is 0.326 e. The van der Waals surface area contributed by atoms with Crippen molar-refractivity contribution in [3.8, 4) is 16.9 Å². The molecule has 0 aliphatic carbocycles. The minimum atomic E-state index is -1.52. The lowest BCUT2D eigenvalue weighted by Crippen LogP contribution is -2.43. The number of anilines is 1. The quantitative estimate of drug-likeness (QED) is 0.215. The average Bonchev–Trinajstić information content (AvgIpc) is 3.00. The fraction of sp³-hybridized carbons (Fsp3) is 0.324. The summed E-state index contributed by atoms with van der Waals surface area (Å²) in [5, 5.41) is 15.8. The van der Waals surface area contributed by atoms with E-state index in [2.05, 4.69) is 10.6 Å². The number of nitrogens with one attached hydrogen (secondary N) is 2. The van der Waals surface area contributed by atoms with Gasteiger partial charge in [-0.05, 0) is 80.1 Å². The second kappa shape index (κ2) is 12.7. The van der Waals surface area contributed by atoms with E-state index in [1.54, 1.807) is 32.2 Å². The Hall–Kier alpha value is -4.80. The third kappa shape index (κ3) is 6.11. The first kappa shape index (κ1) is 31.6. The number of halogens is 3. The first-order chi connectivity index (χ1) is 21.4. The van der Waals surface area contributed by atoms with E-state index in [9.17, 15) is 32.7 Å². The summed E-state index contributed by atoms with van der Waals surface area (Å²) < 4.78 is 51.4. The number of hydrogen-bond donors (Lipinski definition) is 3. The van der Waals surface area contributed by atoms with E-state index < -0.39 is 40.9 Å². The van der Waals surface area contributed by atoms with Crippen molar-refractivity contribution in [2.45, 2.75) is 58.5 Å². The van der Waals surface area contributed by atoms with Gasteiger partial charge in [-0.3, -0.25) is 9.59 Å². The number of hydrogen-bond acceptors (Lipinski definition) is 5. The van der Waals surface area contributed by atoms with Crippen molar-refractivity contribution in [3.05, 3.63) is 92.5 Å². The van der Waals surface area contributed by atoms with Gasteiger partial charge in [0.25, 0.3) is 11.5 Å². The SMILES string of the molecule is CC[C@H](C)Nc1cc(F)c(C(=O)N[C@@H](Cc2ccc(-c3c(C)c4cc(F)ccc4n(C)c3=O)c3c2CCCO3)C(=O)O)c(F)c1. The zero-order valence-corrected chi connectivity index (χ0v) is 25.4. The molecule has 0 saturated carbocycles. The van der Waals surface area contributed by atoms with E-state index in [-0.39, 0.29) is 23.7 Å². The van der Waals surface area contributed by atoms with Gasteiger partial charge in [-0.1, -0.05) is 19.1 Å². The molecule has 1 aliphatic heterocycles. The van der Waals surface area contributed by atoms with Crippen molar-refractivity contribution < 1.29 is 32.6 Å². The molecular weight excluding hydrogens is 587 g/mol. The van der Waals surface area contributed by atoms with Crippen LogP contribution >= 0.6 is 0 Å². The van der Waals surface area contributed by atoms with Crippen LogP contribution in [0.4, 0.5) is 18.9 Å². The highest BCUT2D eigenvalue weighted by Gasteiger charge is 2.29. The Morgan fingerprint density at radius 1 is 1.09 bits per heavy atom. The molecule has 2 atom stereocenters. The molecule has 5 rings (SSSR count). The van der Waals surface area contributed by atoms with Crippen molar-refractivity contribution in [1.82, 2.24) is 9.88 Å². The average molecular weight is 622 g/mol. The van der Waals surface area contributed by atoms with Crippen molar-refractivity contribution in [1.29, 1.82) is 0 Å². The maximum atomic E-state index is 14.9. The molecule has 45 heavy (non-hydrogen) atoms. The summed E-state index contributed by atoms with van der Waals surface area (Å²) in [6.45, 7) is 5.85. The molecule has 1 amide bonds. The van der Waals surface area contributed by atoms with E-state index >= 15 is 0 Å². The number of fused-ring (bicyclic) bond motifs is 2. The number of ether oxygens (including phenoxy) is 1. The summed E-state index contributed by atoms with van der Waals surface area (Å²) in [6, 6.07) is 7.95. The summed E-state index contributed by atoms with van der Waals surface area (Å²) in [7, 11) is 1.61. The summed E-state index contributed by atoms with van der Waals surface area (Å²) in [6.07, 6.45) is 1.64. The number of nitrogens with zero attached hydrogens (tertiary/aromatic N) is 1. The van der Waals surface area contributed by atoms with Gasteiger partial charge in [-0.15, -0.1) is 0 Å². The van der Waals surface area contributed by atoms with Gasteiger partial charge in [0, 0.05) is 36.1 Å². The molecule has 11 heteroatoms. The molecule has 0 fully saturated rings. The third-order valence-corrected chi connectivity index (χ3v) is 8.38. The Labute approximate surface area is 257 Å². The smallest absolute Gasteiger partial charge is 0.326 e. The van der Waals surface area contributed by atoms with Crippen molar-refractivity contribution in [3.63, 3.8) is 0 Å². The van der Waals surface area contributed by atoms with Gasteiger partial charge in [0.1, 0.15) is 34.8 Å². The van der Waals surface area contributed by atoms with Gasteiger partial charge < -0.3 is 25.0 Å². The van der Waals surface area contributed by atoms with E-state index in [1.807, 2.05) is 13.8 Å². The van der Waals surface area contributed by atoms with Crippen LogP contribution in [0.3, 0.4) is 0 Å². The van der Waals surface area contributed by atoms with E-state index in [4.69, 9.17) is 4.74 Å². The number of rotatable bonds is 9. The Bertz CT molecular complexity index is 1860. The largest absolute Gasteiger partial charge is 0.493 e. The molecule has 4 aromatic rings. The van der Waals surface area contributed by atoms with Gasteiger partial charge in [-0.25, -0.2) is 18.0 Å². The summed E-state index contributed by atoms with van der Waals surface area (Å²) in [5.41, 5.74) is 2.15. The number of carbonyl (C=O) groups is 2. The Morgan fingerprint density at radius 2 is 1.80 bits per heavy atom. The van der Waals surface area contributed by atoms with Gasteiger partial charge in [0.2, 0.25) is 0 Å². The van der Waals surface area contributed by atoms with Crippen molar-refractivity contribution in [2.24, 2.45) is 7.05 Å². The molecule has 1 aromatic heterocycles. The van der Waals surface area contributed by atoms with Gasteiger partial charge in [0.15, 0.2) is 0 Å². The molecule has 236 valence electrons. The molecule has 0 unspecified atom stereocenters. The lowest BCUT2D eigenvalue weighted by Gasteiger charge is -2.25. The summed E-state index contributed by atoms with van der Waals surface area (Å²) in [5.74, 6) is -4.86. The Balaban J connectivity index is 1.50. The minimum absolute atomic E-state index is 0.0580. The van der Waals surface area contributed by atoms with Crippen LogP contribution < -0.4 is 20.9 Å². The predicted octanol–water partition coefficient (Wildman–Crippen LogP) is 5.89. The highest BCUT2D eigenvalue weighted by Crippen LogP contribution is 2.40. The number of benzene rings is 3. The lowest BCUT2D eigenvalue weighted by molar-refractivity contribution is -0.139. The second-order valence-electron chi connectivity index (χ2n) is 11.4. The van der Waals surface area contributed by atoms with Crippen LogP contribution in [0, 0.1) is 24.4 Å². The predicted molar refractivity (Wildman–Crippen MR) is 165 cm³/mol. The number of aryl methyl sites for hydroxylation is 2. The number of aromatic nitrogens is 1. The number of aliphatic carboxylic acids is 1. The van der Waals surface area contributed by atoms with E-state index in [0.29, 0.717) is 70.3 Å². The molecule has 3 N–H and O–H groups in total. The number of amides is 1. The molecule has 2 heterocycles. The number of carboxylic acids is 1. The van der Waals surface area contributed by atoms with Gasteiger partial charge in [0.05, 0.1) is 17.7 Å². The third-order valence-electron chi connectivity index (χ3n) is 8.38. The topological polar surface area (TPSA) is 110 Å². The molecule has 0 radical (unpaired) electrons. The van der Waals surface area contributed by atoms with Crippen LogP contribution in [0.5, 0.6) is 5.75 Å². The molecular formula is C34H34F3N3O5. The fourth-order valence-electron chi connectivity index (χ4n) is 5.82. The first-order valence-electron chi connectivity index (χ1n) is 14.8. The van der Waals surface area contributed by atoms with Gasteiger partial charge >= 0.3 is 5.97 Å². The molecule has 0 saturated heterocycles.